The van der Waals surface area contributed by atoms with Crippen molar-refractivity contribution in [3.05, 3.63) is 0 Å². The Bertz CT molecular complexity index is 212. The molecule has 1 unspecified atom stereocenters. The highest BCUT2D eigenvalue weighted by Gasteiger charge is 2.33. The molecule has 0 rings (SSSR count). The highest BCUT2D eigenvalue weighted by molar-refractivity contribution is 5.80. The first-order valence-electron chi connectivity index (χ1n) is 6.74. The van der Waals surface area contributed by atoms with E-state index < -0.39 is 5.54 Å². The quantitative estimate of drug-likeness (QED) is 0.666. The van der Waals surface area contributed by atoms with Crippen molar-refractivity contribution in [2.45, 2.75) is 59.9 Å². The van der Waals surface area contributed by atoms with Crippen molar-refractivity contribution in [1.29, 1.82) is 0 Å². The summed E-state index contributed by atoms with van der Waals surface area (Å²) in [6.07, 6.45) is 1.86. The minimum atomic E-state index is -0.537. The molecular weight excluding hydrogens is 214 g/mol. The van der Waals surface area contributed by atoms with Crippen LogP contribution in [0.15, 0.2) is 0 Å². The fraction of sp³-hybridized carbons (Fsp3) is 0.929. The molecule has 0 saturated heterocycles. The Morgan fingerprint density at radius 3 is 2.24 bits per heavy atom. The average molecular weight is 243 g/mol. The SMILES string of the molecule is CCOC(=O)C(C)(CCC(C)C)NCC(C)C. The number of hydrogen-bond donors (Lipinski definition) is 1. The highest BCUT2D eigenvalue weighted by atomic mass is 16.5. The van der Waals surface area contributed by atoms with Gasteiger partial charge in [0.15, 0.2) is 0 Å². The largest absolute Gasteiger partial charge is 0.465 e. The van der Waals surface area contributed by atoms with Gasteiger partial charge in [0.25, 0.3) is 0 Å². The molecule has 1 N–H and O–H groups in total. The molecule has 0 aliphatic rings. The summed E-state index contributed by atoms with van der Waals surface area (Å²) in [5.74, 6) is 1.01. The summed E-state index contributed by atoms with van der Waals surface area (Å²) in [5, 5.41) is 3.36. The van der Waals surface area contributed by atoms with Gasteiger partial charge < -0.3 is 10.1 Å². The normalized spacial score (nSPS) is 15.1. The maximum atomic E-state index is 12.0. The molecule has 0 aliphatic heterocycles. The van der Waals surface area contributed by atoms with E-state index in [1.54, 1.807) is 0 Å². The van der Waals surface area contributed by atoms with Gasteiger partial charge >= 0.3 is 5.97 Å². The molecule has 0 aliphatic carbocycles. The molecule has 0 saturated carbocycles. The zero-order chi connectivity index (χ0) is 13.5. The molecule has 0 bridgehead atoms. The molecule has 0 spiro atoms. The van der Waals surface area contributed by atoms with E-state index >= 15 is 0 Å². The molecule has 102 valence electrons. The van der Waals surface area contributed by atoms with E-state index in [0.29, 0.717) is 18.4 Å². The lowest BCUT2D eigenvalue weighted by molar-refractivity contribution is -0.151. The minimum Gasteiger partial charge on any atom is -0.465 e. The molecule has 3 nitrogen and oxygen atoms in total. The molecule has 0 aromatic heterocycles. The van der Waals surface area contributed by atoms with E-state index in [-0.39, 0.29) is 5.97 Å². The van der Waals surface area contributed by atoms with Crippen LogP contribution in [-0.2, 0) is 9.53 Å². The third kappa shape index (κ3) is 6.67. The Balaban J connectivity index is 4.49. The van der Waals surface area contributed by atoms with E-state index in [4.69, 9.17) is 4.74 Å². The van der Waals surface area contributed by atoms with E-state index in [0.717, 1.165) is 19.4 Å². The Kier molecular flexibility index (Phi) is 7.44. The number of nitrogens with one attached hydrogen (secondary N) is 1. The topological polar surface area (TPSA) is 38.3 Å². The first-order chi connectivity index (χ1) is 7.81. The predicted molar refractivity (Wildman–Crippen MR) is 72.0 cm³/mol. The molecule has 0 heterocycles. The monoisotopic (exact) mass is 243 g/mol. The van der Waals surface area contributed by atoms with Gasteiger partial charge in [-0.05, 0) is 45.1 Å². The third-order valence-corrected chi connectivity index (χ3v) is 2.85. The maximum absolute atomic E-state index is 12.0. The molecule has 0 fully saturated rings. The van der Waals surface area contributed by atoms with Crippen molar-refractivity contribution in [1.82, 2.24) is 5.32 Å². The van der Waals surface area contributed by atoms with Crippen LogP contribution in [0.25, 0.3) is 0 Å². The number of esters is 1. The summed E-state index contributed by atoms with van der Waals surface area (Å²) < 4.78 is 5.17. The lowest BCUT2D eigenvalue weighted by atomic mass is 9.91. The Hall–Kier alpha value is -0.570. The summed E-state index contributed by atoms with van der Waals surface area (Å²) in [5.41, 5.74) is -0.537. The van der Waals surface area contributed by atoms with Gasteiger partial charge in [-0.1, -0.05) is 27.7 Å². The van der Waals surface area contributed by atoms with Gasteiger partial charge in [-0.2, -0.15) is 0 Å². The molecule has 1 atom stereocenters. The summed E-state index contributed by atoms with van der Waals surface area (Å²) >= 11 is 0. The van der Waals surface area contributed by atoms with E-state index in [1.807, 2.05) is 13.8 Å². The van der Waals surface area contributed by atoms with E-state index in [2.05, 4.69) is 33.0 Å². The second-order valence-corrected chi connectivity index (χ2v) is 5.76. The van der Waals surface area contributed by atoms with Crippen molar-refractivity contribution in [3.63, 3.8) is 0 Å². The fourth-order valence-corrected chi connectivity index (χ4v) is 1.56. The van der Waals surface area contributed by atoms with Crippen LogP contribution in [0.5, 0.6) is 0 Å². The van der Waals surface area contributed by atoms with Crippen LogP contribution in [0.4, 0.5) is 0 Å². The van der Waals surface area contributed by atoms with Crippen LogP contribution >= 0.6 is 0 Å². The highest BCUT2D eigenvalue weighted by Crippen LogP contribution is 2.18. The fourth-order valence-electron chi connectivity index (χ4n) is 1.56. The number of carbonyl (C=O) groups is 1. The molecule has 3 heteroatoms. The zero-order valence-electron chi connectivity index (χ0n) is 12.3. The molecule has 0 aromatic carbocycles. The Morgan fingerprint density at radius 2 is 1.82 bits per heavy atom. The zero-order valence-corrected chi connectivity index (χ0v) is 12.3. The van der Waals surface area contributed by atoms with Gasteiger partial charge in [-0.25, -0.2) is 0 Å². The smallest absolute Gasteiger partial charge is 0.326 e. The van der Waals surface area contributed by atoms with Crippen LogP contribution in [0.2, 0.25) is 0 Å². The summed E-state index contributed by atoms with van der Waals surface area (Å²) in [6.45, 7) is 13.7. The van der Waals surface area contributed by atoms with E-state index in [1.165, 1.54) is 0 Å². The predicted octanol–water partition coefficient (Wildman–Crippen LogP) is 2.99. The standard InChI is InChI=1S/C14H29NO2/c1-7-17-13(16)14(6,9-8-11(2)3)15-10-12(4)5/h11-12,15H,7-10H2,1-6H3. The van der Waals surface area contributed by atoms with Crippen molar-refractivity contribution in [2.75, 3.05) is 13.2 Å². The van der Waals surface area contributed by atoms with Gasteiger partial charge in [-0.3, -0.25) is 4.79 Å². The van der Waals surface area contributed by atoms with Crippen molar-refractivity contribution in [3.8, 4) is 0 Å². The molecule has 17 heavy (non-hydrogen) atoms. The van der Waals surface area contributed by atoms with E-state index in [9.17, 15) is 4.79 Å². The summed E-state index contributed by atoms with van der Waals surface area (Å²) in [4.78, 5) is 12.0. The first kappa shape index (κ1) is 16.4. The van der Waals surface area contributed by atoms with Crippen LogP contribution in [0.3, 0.4) is 0 Å². The number of carbonyl (C=O) groups excluding carboxylic acids is 1. The van der Waals surface area contributed by atoms with Crippen molar-refractivity contribution >= 4 is 5.97 Å². The Labute approximate surface area is 106 Å². The molecule has 0 radical (unpaired) electrons. The Morgan fingerprint density at radius 1 is 1.24 bits per heavy atom. The van der Waals surface area contributed by atoms with Gasteiger partial charge in [0.1, 0.15) is 5.54 Å². The maximum Gasteiger partial charge on any atom is 0.326 e. The lowest BCUT2D eigenvalue weighted by Crippen LogP contribution is -2.51. The van der Waals surface area contributed by atoms with Gasteiger partial charge in [-0.15, -0.1) is 0 Å². The molecule has 0 aromatic rings. The van der Waals surface area contributed by atoms with Crippen molar-refractivity contribution in [2.24, 2.45) is 11.8 Å². The van der Waals surface area contributed by atoms with Crippen molar-refractivity contribution < 1.29 is 9.53 Å². The minimum absolute atomic E-state index is 0.124. The lowest BCUT2D eigenvalue weighted by Gasteiger charge is -2.30. The first-order valence-corrected chi connectivity index (χ1v) is 6.74. The van der Waals surface area contributed by atoms with Crippen LogP contribution in [0, 0.1) is 11.8 Å². The van der Waals surface area contributed by atoms with Gasteiger partial charge in [0, 0.05) is 0 Å². The summed E-state index contributed by atoms with van der Waals surface area (Å²) in [6, 6.07) is 0. The number of hydrogen-bond acceptors (Lipinski definition) is 3. The number of rotatable bonds is 8. The average Bonchev–Trinajstić information content (AvgIpc) is 2.24. The number of ether oxygens (including phenoxy) is 1. The van der Waals surface area contributed by atoms with Crippen LogP contribution < -0.4 is 5.32 Å². The van der Waals surface area contributed by atoms with Gasteiger partial charge in [0.05, 0.1) is 6.61 Å². The van der Waals surface area contributed by atoms with Gasteiger partial charge in [0.2, 0.25) is 0 Å². The third-order valence-electron chi connectivity index (χ3n) is 2.85. The molecular formula is C14H29NO2. The van der Waals surface area contributed by atoms with Crippen LogP contribution in [-0.4, -0.2) is 24.7 Å². The second kappa shape index (κ2) is 7.70. The molecule has 0 amide bonds. The second-order valence-electron chi connectivity index (χ2n) is 5.76. The van der Waals surface area contributed by atoms with Crippen LogP contribution in [0.1, 0.15) is 54.4 Å². The summed E-state index contributed by atoms with van der Waals surface area (Å²) in [7, 11) is 0.